The van der Waals surface area contributed by atoms with Gasteiger partial charge in [0.05, 0.1) is 0 Å². The molecule has 1 unspecified atom stereocenters. The Hall–Kier alpha value is -1.52. The lowest BCUT2D eigenvalue weighted by Gasteiger charge is -2.15. The minimum absolute atomic E-state index is 0.270. The molecular weight excluding hydrogens is 330 g/mol. The number of halogens is 1. The molecule has 0 aliphatic rings. The Bertz CT molecular complexity index is 601. The molecule has 2 aromatic rings. The van der Waals surface area contributed by atoms with Crippen LogP contribution in [0.4, 0.5) is 5.69 Å². The van der Waals surface area contributed by atoms with Crippen molar-refractivity contribution < 1.29 is 9.84 Å². The van der Waals surface area contributed by atoms with Crippen LogP contribution in [0.1, 0.15) is 11.1 Å². The number of aliphatic hydroxyl groups is 1. The summed E-state index contributed by atoms with van der Waals surface area (Å²) < 4.78 is 6.66. The van der Waals surface area contributed by atoms with Crippen LogP contribution >= 0.6 is 15.9 Å². The van der Waals surface area contributed by atoms with Crippen LogP contribution in [0, 0.1) is 13.8 Å². The molecule has 0 aromatic heterocycles. The van der Waals surface area contributed by atoms with Gasteiger partial charge >= 0.3 is 0 Å². The van der Waals surface area contributed by atoms with Gasteiger partial charge in [-0.2, -0.15) is 0 Å². The number of ether oxygens (including phenoxy) is 1. The molecule has 21 heavy (non-hydrogen) atoms. The van der Waals surface area contributed by atoms with Crippen LogP contribution in [-0.2, 0) is 0 Å². The maximum atomic E-state index is 9.97. The van der Waals surface area contributed by atoms with Gasteiger partial charge in [0, 0.05) is 16.7 Å². The second-order valence-electron chi connectivity index (χ2n) is 5.13. The molecule has 2 aromatic carbocycles. The van der Waals surface area contributed by atoms with Gasteiger partial charge in [0.1, 0.15) is 18.5 Å². The van der Waals surface area contributed by atoms with Crippen LogP contribution in [-0.4, -0.2) is 24.4 Å². The first-order valence-electron chi connectivity index (χ1n) is 6.92. The predicted molar refractivity (Wildman–Crippen MR) is 90.0 cm³/mol. The Labute approximate surface area is 134 Å². The molecule has 0 aliphatic heterocycles. The normalized spacial score (nSPS) is 12.0. The van der Waals surface area contributed by atoms with Crippen LogP contribution in [0.25, 0.3) is 0 Å². The zero-order chi connectivity index (χ0) is 15.2. The fraction of sp³-hybridized carbons (Fsp3) is 0.294. The number of benzene rings is 2. The number of anilines is 1. The standard InChI is InChI=1S/C17H20BrNO2/c1-12-4-3-5-16(8-12)21-11-15(20)10-19-14-6-7-17(18)13(2)9-14/h3-9,15,19-20H,10-11H2,1-2H3. The molecule has 4 heteroatoms. The average Bonchev–Trinajstić information content (AvgIpc) is 2.46. The molecule has 0 fully saturated rings. The van der Waals surface area contributed by atoms with E-state index in [4.69, 9.17) is 4.74 Å². The van der Waals surface area contributed by atoms with E-state index in [0.717, 1.165) is 27.0 Å². The molecule has 0 amide bonds. The molecule has 0 bridgehead atoms. The van der Waals surface area contributed by atoms with Crippen LogP contribution in [0.3, 0.4) is 0 Å². The van der Waals surface area contributed by atoms with Gasteiger partial charge in [-0.25, -0.2) is 0 Å². The van der Waals surface area contributed by atoms with E-state index in [1.807, 2.05) is 56.3 Å². The van der Waals surface area contributed by atoms with Gasteiger partial charge in [-0.3, -0.25) is 0 Å². The van der Waals surface area contributed by atoms with E-state index < -0.39 is 6.10 Å². The second kappa shape index (κ2) is 7.48. The Morgan fingerprint density at radius 3 is 2.71 bits per heavy atom. The van der Waals surface area contributed by atoms with E-state index in [1.165, 1.54) is 0 Å². The zero-order valence-corrected chi connectivity index (χ0v) is 13.9. The van der Waals surface area contributed by atoms with Gasteiger partial charge in [-0.1, -0.05) is 28.1 Å². The van der Waals surface area contributed by atoms with Gasteiger partial charge in [0.15, 0.2) is 0 Å². The maximum absolute atomic E-state index is 9.97. The van der Waals surface area contributed by atoms with Crippen molar-refractivity contribution in [3.63, 3.8) is 0 Å². The third-order valence-corrected chi connectivity index (χ3v) is 4.02. The molecular formula is C17H20BrNO2. The van der Waals surface area contributed by atoms with Gasteiger partial charge in [0.25, 0.3) is 0 Å². The van der Waals surface area contributed by atoms with Crippen molar-refractivity contribution in [3.05, 3.63) is 58.1 Å². The highest BCUT2D eigenvalue weighted by molar-refractivity contribution is 9.10. The highest BCUT2D eigenvalue weighted by atomic mass is 79.9. The summed E-state index contributed by atoms with van der Waals surface area (Å²) in [4.78, 5) is 0. The van der Waals surface area contributed by atoms with E-state index in [1.54, 1.807) is 0 Å². The first-order chi connectivity index (χ1) is 10.0. The summed E-state index contributed by atoms with van der Waals surface area (Å²) in [6.07, 6.45) is -0.561. The third-order valence-electron chi connectivity index (χ3n) is 3.13. The summed E-state index contributed by atoms with van der Waals surface area (Å²) in [5, 5.41) is 13.2. The highest BCUT2D eigenvalue weighted by Crippen LogP contribution is 2.20. The van der Waals surface area contributed by atoms with E-state index >= 15 is 0 Å². The Morgan fingerprint density at radius 1 is 1.19 bits per heavy atom. The number of hydrogen-bond donors (Lipinski definition) is 2. The van der Waals surface area contributed by atoms with Crippen molar-refractivity contribution in [2.24, 2.45) is 0 Å². The summed E-state index contributed by atoms with van der Waals surface area (Å²) >= 11 is 3.47. The molecule has 0 saturated carbocycles. The molecule has 1 atom stereocenters. The molecule has 112 valence electrons. The van der Waals surface area contributed by atoms with E-state index in [2.05, 4.69) is 21.2 Å². The van der Waals surface area contributed by atoms with Gasteiger partial charge in [-0.15, -0.1) is 0 Å². The number of rotatable bonds is 6. The van der Waals surface area contributed by atoms with Crippen LogP contribution in [0.2, 0.25) is 0 Å². The molecule has 0 saturated heterocycles. The van der Waals surface area contributed by atoms with Gasteiger partial charge < -0.3 is 15.2 Å². The van der Waals surface area contributed by atoms with E-state index in [0.29, 0.717) is 6.54 Å². The first kappa shape index (κ1) is 15.9. The molecule has 3 nitrogen and oxygen atoms in total. The maximum Gasteiger partial charge on any atom is 0.119 e. The SMILES string of the molecule is Cc1cccc(OCC(O)CNc2ccc(Br)c(C)c2)c1. The largest absolute Gasteiger partial charge is 0.491 e. The minimum Gasteiger partial charge on any atom is -0.491 e. The van der Waals surface area contributed by atoms with Crippen LogP contribution in [0.5, 0.6) is 5.75 Å². The average molecular weight is 350 g/mol. The fourth-order valence-electron chi connectivity index (χ4n) is 1.95. The Kier molecular flexibility index (Phi) is 5.65. The lowest BCUT2D eigenvalue weighted by Crippen LogP contribution is -2.26. The summed E-state index contributed by atoms with van der Waals surface area (Å²) in [6.45, 7) is 4.77. The Balaban J connectivity index is 1.79. The minimum atomic E-state index is -0.561. The van der Waals surface area contributed by atoms with E-state index in [-0.39, 0.29) is 6.61 Å². The van der Waals surface area contributed by atoms with Gasteiger partial charge in [-0.05, 0) is 55.3 Å². The molecule has 0 aliphatic carbocycles. The zero-order valence-electron chi connectivity index (χ0n) is 12.3. The summed E-state index contributed by atoms with van der Waals surface area (Å²) in [7, 11) is 0. The second-order valence-corrected chi connectivity index (χ2v) is 5.98. The quantitative estimate of drug-likeness (QED) is 0.830. The predicted octanol–water partition coefficient (Wildman–Crippen LogP) is 3.92. The first-order valence-corrected chi connectivity index (χ1v) is 7.71. The van der Waals surface area contributed by atoms with Crippen molar-refractivity contribution in [2.75, 3.05) is 18.5 Å². The van der Waals surface area contributed by atoms with Crippen molar-refractivity contribution in [2.45, 2.75) is 20.0 Å². The molecule has 0 spiro atoms. The van der Waals surface area contributed by atoms with Gasteiger partial charge in [0.2, 0.25) is 0 Å². The molecule has 2 N–H and O–H groups in total. The summed E-state index contributed by atoms with van der Waals surface area (Å²) in [5.74, 6) is 0.786. The molecule has 2 rings (SSSR count). The molecule has 0 heterocycles. The number of hydrogen-bond acceptors (Lipinski definition) is 3. The van der Waals surface area contributed by atoms with Crippen molar-refractivity contribution in [1.29, 1.82) is 0 Å². The number of aryl methyl sites for hydroxylation is 2. The number of aliphatic hydroxyl groups excluding tert-OH is 1. The van der Waals surface area contributed by atoms with Crippen molar-refractivity contribution >= 4 is 21.6 Å². The highest BCUT2D eigenvalue weighted by Gasteiger charge is 2.06. The van der Waals surface area contributed by atoms with Crippen molar-refractivity contribution in [3.8, 4) is 5.75 Å². The topological polar surface area (TPSA) is 41.5 Å². The van der Waals surface area contributed by atoms with E-state index in [9.17, 15) is 5.11 Å². The lowest BCUT2D eigenvalue weighted by molar-refractivity contribution is 0.117. The van der Waals surface area contributed by atoms with Crippen LogP contribution in [0.15, 0.2) is 46.9 Å². The third kappa shape index (κ3) is 5.06. The summed E-state index contributed by atoms with van der Waals surface area (Å²) in [6, 6.07) is 13.8. The molecule has 0 radical (unpaired) electrons. The van der Waals surface area contributed by atoms with Crippen LogP contribution < -0.4 is 10.1 Å². The Morgan fingerprint density at radius 2 is 2.00 bits per heavy atom. The number of nitrogens with one attached hydrogen (secondary N) is 1. The van der Waals surface area contributed by atoms with Crippen molar-refractivity contribution in [1.82, 2.24) is 0 Å². The monoisotopic (exact) mass is 349 g/mol. The fourth-order valence-corrected chi connectivity index (χ4v) is 2.19. The lowest BCUT2D eigenvalue weighted by atomic mass is 10.2. The smallest absolute Gasteiger partial charge is 0.119 e. The summed E-state index contributed by atoms with van der Waals surface area (Å²) in [5.41, 5.74) is 3.29.